The molecule has 21 heavy (non-hydrogen) atoms. The lowest BCUT2D eigenvalue weighted by Crippen LogP contribution is -2.10. The lowest BCUT2D eigenvalue weighted by molar-refractivity contribution is -0.142. The minimum Gasteiger partial charge on any atom is -0.449 e. The number of nitrogens with zero attached hydrogens (tertiary/aromatic N) is 1. The number of ether oxygens (including phenoxy) is 1. The highest BCUT2D eigenvalue weighted by atomic mass is 19.4. The molecule has 0 saturated heterocycles. The Hall–Kier alpha value is -2.22. The third-order valence-electron chi connectivity index (χ3n) is 2.49. The molecule has 0 amide bonds. The zero-order chi connectivity index (χ0) is 15.6. The Labute approximate surface area is 115 Å². The number of rotatable bonds is 3. The summed E-state index contributed by atoms with van der Waals surface area (Å²) in [5, 5.41) is 8.78. The highest BCUT2D eigenvalue weighted by Crippen LogP contribution is 2.37. The first-order valence-electron chi connectivity index (χ1n) is 5.61. The maximum Gasteiger partial charge on any atom is 0.437 e. The molecule has 0 fully saturated rings. The summed E-state index contributed by atoms with van der Waals surface area (Å²) >= 11 is 0. The second-order valence-electron chi connectivity index (χ2n) is 4.00. The molecule has 0 spiro atoms. The second-order valence-corrected chi connectivity index (χ2v) is 4.00. The molecule has 3 nitrogen and oxygen atoms in total. The van der Waals surface area contributed by atoms with E-state index in [0.717, 1.165) is 30.5 Å². The number of pyridine rings is 1. The van der Waals surface area contributed by atoms with E-state index in [1.54, 1.807) is 0 Å². The molecule has 1 aromatic carbocycles. The van der Waals surface area contributed by atoms with E-state index in [-0.39, 0.29) is 5.56 Å². The lowest BCUT2D eigenvalue weighted by atomic mass is 10.2. The quantitative estimate of drug-likeness (QED) is 0.880. The number of aliphatic hydroxyl groups is 1. The maximum absolute atomic E-state index is 13.6. The summed E-state index contributed by atoms with van der Waals surface area (Å²) in [6.45, 7) is -0.616. The molecule has 2 rings (SSSR count). The van der Waals surface area contributed by atoms with Crippen LogP contribution in [0, 0.1) is 11.6 Å². The van der Waals surface area contributed by atoms with Gasteiger partial charge in [-0.1, -0.05) is 0 Å². The topological polar surface area (TPSA) is 42.4 Å². The van der Waals surface area contributed by atoms with Crippen molar-refractivity contribution in [2.75, 3.05) is 0 Å². The van der Waals surface area contributed by atoms with Crippen molar-refractivity contribution in [2.45, 2.75) is 12.8 Å². The Kier molecular flexibility index (Phi) is 4.08. The Bertz CT molecular complexity index is 634. The molecule has 0 aliphatic heterocycles. The first-order chi connectivity index (χ1) is 9.82. The van der Waals surface area contributed by atoms with Crippen molar-refractivity contribution in [3.63, 3.8) is 0 Å². The van der Waals surface area contributed by atoms with E-state index in [4.69, 9.17) is 5.11 Å². The molecule has 0 atom stereocenters. The molecular formula is C13H8F5NO2. The minimum atomic E-state index is -4.82. The number of aliphatic hydroxyl groups excluding tert-OH is 1. The number of hydrogen-bond donors (Lipinski definition) is 1. The maximum atomic E-state index is 13.6. The normalized spacial score (nSPS) is 11.5. The van der Waals surface area contributed by atoms with E-state index in [2.05, 4.69) is 9.72 Å². The van der Waals surface area contributed by atoms with Gasteiger partial charge in [-0.15, -0.1) is 0 Å². The summed E-state index contributed by atoms with van der Waals surface area (Å²) < 4.78 is 70.1. The Morgan fingerprint density at radius 3 is 2.29 bits per heavy atom. The Morgan fingerprint density at radius 2 is 1.76 bits per heavy atom. The fraction of sp³-hybridized carbons (Fsp3) is 0.154. The van der Waals surface area contributed by atoms with Crippen LogP contribution in [0.5, 0.6) is 11.5 Å². The van der Waals surface area contributed by atoms with E-state index < -0.39 is 41.6 Å². The Morgan fingerprint density at radius 1 is 1.14 bits per heavy atom. The standard InChI is InChI=1S/C13H8F5NO2/c14-8-4-7(6-20)5-9(15)11(8)21-10-2-1-3-19-12(10)13(16,17)18/h1-5,20H,6H2. The van der Waals surface area contributed by atoms with Crippen molar-refractivity contribution in [3.05, 3.63) is 53.4 Å². The van der Waals surface area contributed by atoms with Gasteiger partial charge in [-0.3, -0.25) is 0 Å². The van der Waals surface area contributed by atoms with Gasteiger partial charge in [0, 0.05) is 6.20 Å². The van der Waals surface area contributed by atoms with Gasteiger partial charge in [-0.2, -0.15) is 13.2 Å². The van der Waals surface area contributed by atoms with E-state index in [9.17, 15) is 22.0 Å². The Balaban J connectivity index is 2.44. The number of hydrogen-bond acceptors (Lipinski definition) is 3. The number of alkyl halides is 3. The highest BCUT2D eigenvalue weighted by Gasteiger charge is 2.36. The molecule has 1 N–H and O–H groups in total. The van der Waals surface area contributed by atoms with Crippen LogP contribution in [0.1, 0.15) is 11.3 Å². The van der Waals surface area contributed by atoms with Gasteiger partial charge in [0.15, 0.2) is 28.8 Å². The van der Waals surface area contributed by atoms with E-state index in [1.165, 1.54) is 0 Å². The summed E-state index contributed by atoms with van der Waals surface area (Å²) in [7, 11) is 0. The van der Waals surface area contributed by atoms with Crippen molar-refractivity contribution in [2.24, 2.45) is 0 Å². The second kappa shape index (κ2) is 5.65. The highest BCUT2D eigenvalue weighted by molar-refractivity contribution is 5.38. The largest absolute Gasteiger partial charge is 0.449 e. The number of aromatic nitrogens is 1. The fourth-order valence-electron chi connectivity index (χ4n) is 1.60. The minimum absolute atomic E-state index is 0.0698. The van der Waals surface area contributed by atoms with Gasteiger partial charge in [0.2, 0.25) is 0 Å². The summed E-state index contributed by atoms with van der Waals surface area (Å²) in [6, 6.07) is 3.57. The summed E-state index contributed by atoms with van der Waals surface area (Å²) in [4.78, 5) is 3.10. The van der Waals surface area contributed by atoms with Crippen molar-refractivity contribution >= 4 is 0 Å². The molecule has 0 saturated carbocycles. The van der Waals surface area contributed by atoms with Gasteiger partial charge in [-0.25, -0.2) is 13.8 Å². The van der Waals surface area contributed by atoms with E-state index >= 15 is 0 Å². The lowest BCUT2D eigenvalue weighted by Gasteiger charge is -2.13. The number of benzene rings is 1. The summed E-state index contributed by atoms with van der Waals surface area (Å²) in [5.74, 6) is -4.27. The SMILES string of the molecule is OCc1cc(F)c(Oc2cccnc2C(F)(F)F)c(F)c1. The van der Waals surface area contributed by atoms with Crippen LogP contribution in [-0.2, 0) is 12.8 Å². The van der Waals surface area contributed by atoms with E-state index in [0.29, 0.717) is 0 Å². The van der Waals surface area contributed by atoms with Gasteiger partial charge in [0.1, 0.15) is 0 Å². The zero-order valence-corrected chi connectivity index (χ0v) is 10.3. The first-order valence-corrected chi connectivity index (χ1v) is 5.61. The van der Waals surface area contributed by atoms with Crippen LogP contribution in [0.25, 0.3) is 0 Å². The molecule has 112 valence electrons. The molecule has 0 radical (unpaired) electrons. The van der Waals surface area contributed by atoms with Crippen molar-refractivity contribution < 1.29 is 31.8 Å². The average molecular weight is 305 g/mol. The van der Waals surface area contributed by atoms with Crippen LogP contribution in [0.2, 0.25) is 0 Å². The molecule has 8 heteroatoms. The fourth-order valence-corrected chi connectivity index (χ4v) is 1.60. The zero-order valence-electron chi connectivity index (χ0n) is 10.3. The molecule has 2 aromatic rings. The molecule has 1 aromatic heterocycles. The summed E-state index contributed by atoms with van der Waals surface area (Å²) in [5.41, 5.74) is -1.46. The van der Waals surface area contributed by atoms with Gasteiger partial charge < -0.3 is 9.84 Å². The van der Waals surface area contributed by atoms with Crippen molar-refractivity contribution in [1.82, 2.24) is 4.98 Å². The van der Waals surface area contributed by atoms with Gasteiger partial charge in [0.25, 0.3) is 0 Å². The smallest absolute Gasteiger partial charge is 0.437 e. The monoisotopic (exact) mass is 305 g/mol. The molecule has 1 heterocycles. The van der Waals surface area contributed by atoms with Crippen LogP contribution in [0.4, 0.5) is 22.0 Å². The van der Waals surface area contributed by atoms with E-state index in [1.807, 2.05) is 0 Å². The van der Waals surface area contributed by atoms with Gasteiger partial charge in [-0.05, 0) is 29.8 Å². The third-order valence-corrected chi connectivity index (χ3v) is 2.49. The van der Waals surface area contributed by atoms with Crippen molar-refractivity contribution in [3.8, 4) is 11.5 Å². The van der Waals surface area contributed by atoms with Crippen LogP contribution in [-0.4, -0.2) is 10.1 Å². The molecular weight excluding hydrogens is 297 g/mol. The van der Waals surface area contributed by atoms with Gasteiger partial charge >= 0.3 is 6.18 Å². The predicted molar refractivity (Wildman–Crippen MR) is 61.6 cm³/mol. The van der Waals surface area contributed by atoms with Crippen LogP contribution >= 0.6 is 0 Å². The molecule has 0 unspecified atom stereocenters. The van der Waals surface area contributed by atoms with Crippen LogP contribution in [0.3, 0.4) is 0 Å². The van der Waals surface area contributed by atoms with Crippen LogP contribution in [0.15, 0.2) is 30.5 Å². The van der Waals surface area contributed by atoms with Gasteiger partial charge in [0.05, 0.1) is 6.61 Å². The van der Waals surface area contributed by atoms with Crippen LogP contribution < -0.4 is 4.74 Å². The third kappa shape index (κ3) is 3.27. The first kappa shape index (κ1) is 15.2. The van der Waals surface area contributed by atoms with Crippen molar-refractivity contribution in [1.29, 1.82) is 0 Å². The molecule has 0 bridgehead atoms. The molecule has 0 aliphatic carbocycles. The average Bonchev–Trinajstić information content (AvgIpc) is 2.42. The number of halogens is 5. The predicted octanol–water partition coefficient (Wildman–Crippen LogP) is 3.66. The summed E-state index contributed by atoms with van der Waals surface area (Å²) in [6.07, 6.45) is -3.94. The molecule has 0 aliphatic rings.